The van der Waals surface area contributed by atoms with Gasteiger partial charge in [0.05, 0.1) is 5.37 Å². The van der Waals surface area contributed by atoms with Gasteiger partial charge in [-0.1, -0.05) is 0 Å². The number of thiol groups is 1. The number of rotatable bonds is 0. The van der Waals surface area contributed by atoms with Crippen LogP contribution < -0.4 is 0 Å². The van der Waals surface area contributed by atoms with Gasteiger partial charge in [0.1, 0.15) is 0 Å². The van der Waals surface area contributed by atoms with E-state index >= 15 is 0 Å². The van der Waals surface area contributed by atoms with Crippen LogP contribution in [0.15, 0.2) is 0 Å². The molecule has 0 saturated carbocycles. The van der Waals surface area contributed by atoms with Crippen molar-refractivity contribution in [3.63, 3.8) is 0 Å². The van der Waals surface area contributed by atoms with Gasteiger partial charge in [-0.15, -0.1) is 0 Å². The van der Waals surface area contributed by atoms with Crippen LogP contribution in [-0.2, 0) is 0 Å². The fraction of sp³-hybridized carbons (Fsp3) is 1.00. The standard InChI is InChI=1S/C6H14N2S/c1-7-3-4-8(2)6(9)5-7/h6,9H,3-5H2,1-2H3. The second-order valence-corrected chi connectivity index (χ2v) is 3.32. The fourth-order valence-corrected chi connectivity index (χ4v) is 1.38. The second kappa shape index (κ2) is 2.90. The largest absolute Gasteiger partial charge is 0.303 e. The molecule has 0 aliphatic carbocycles. The normalized spacial score (nSPS) is 33.0. The van der Waals surface area contributed by atoms with Crippen LogP contribution in [0.4, 0.5) is 0 Å². The van der Waals surface area contributed by atoms with E-state index in [4.69, 9.17) is 0 Å². The van der Waals surface area contributed by atoms with Gasteiger partial charge < -0.3 is 4.90 Å². The van der Waals surface area contributed by atoms with E-state index < -0.39 is 0 Å². The van der Waals surface area contributed by atoms with Gasteiger partial charge in [-0.05, 0) is 14.1 Å². The zero-order valence-electron chi connectivity index (χ0n) is 6.04. The van der Waals surface area contributed by atoms with Crippen molar-refractivity contribution < 1.29 is 0 Å². The van der Waals surface area contributed by atoms with Gasteiger partial charge in [-0.25, -0.2) is 0 Å². The smallest absolute Gasteiger partial charge is 0.0654 e. The van der Waals surface area contributed by atoms with Gasteiger partial charge in [-0.3, -0.25) is 4.90 Å². The summed E-state index contributed by atoms with van der Waals surface area (Å²) in [5, 5.41) is 0.434. The van der Waals surface area contributed by atoms with Crippen LogP contribution >= 0.6 is 12.6 Å². The van der Waals surface area contributed by atoms with E-state index in [2.05, 4.69) is 36.5 Å². The van der Waals surface area contributed by atoms with Crippen molar-refractivity contribution in [1.82, 2.24) is 9.80 Å². The van der Waals surface area contributed by atoms with Crippen molar-refractivity contribution in [1.29, 1.82) is 0 Å². The van der Waals surface area contributed by atoms with Crippen molar-refractivity contribution >= 4 is 12.6 Å². The molecular weight excluding hydrogens is 132 g/mol. The van der Waals surface area contributed by atoms with Crippen LogP contribution in [0.25, 0.3) is 0 Å². The van der Waals surface area contributed by atoms with E-state index in [1.165, 1.54) is 6.54 Å². The van der Waals surface area contributed by atoms with Crippen molar-refractivity contribution in [2.45, 2.75) is 5.37 Å². The molecule has 0 radical (unpaired) electrons. The van der Waals surface area contributed by atoms with Gasteiger partial charge in [-0.2, -0.15) is 12.6 Å². The predicted octanol–water partition coefficient (Wildman–Crippen LogP) is 0.119. The Morgan fingerprint density at radius 1 is 1.33 bits per heavy atom. The summed E-state index contributed by atoms with van der Waals surface area (Å²) in [6.45, 7) is 3.40. The van der Waals surface area contributed by atoms with Crippen LogP contribution in [0.5, 0.6) is 0 Å². The van der Waals surface area contributed by atoms with Crippen LogP contribution in [0.2, 0.25) is 0 Å². The first-order valence-electron chi connectivity index (χ1n) is 3.27. The molecule has 1 aliphatic heterocycles. The molecule has 0 aromatic carbocycles. The Hall–Kier alpha value is 0.270. The maximum Gasteiger partial charge on any atom is 0.0654 e. The SMILES string of the molecule is CN1CCN(C)C(S)C1. The molecule has 0 N–H and O–H groups in total. The predicted molar refractivity (Wildman–Crippen MR) is 42.9 cm³/mol. The maximum absolute atomic E-state index is 4.40. The lowest BCUT2D eigenvalue weighted by atomic mass is 10.3. The Morgan fingerprint density at radius 2 is 2.00 bits per heavy atom. The highest BCUT2D eigenvalue weighted by Crippen LogP contribution is 2.07. The lowest BCUT2D eigenvalue weighted by Gasteiger charge is -2.34. The van der Waals surface area contributed by atoms with Crippen LogP contribution in [0, 0.1) is 0 Å². The molecule has 1 atom stereocenters. The molecule has 2 nitrogen and oxygen atoms in total. The molecule has 54 valence electrons. The summed E-state index contributed by atoms with van der Waals surface area (Å²) >= 11 is 4.40. The number of hydrogen-bond donors (Lipinski definition) is 1. The van der Waals surface area contributed by atoms with E-state index in [1.54, 1.807) is 0 Å². The minimum absolute atomic E-state index is 0.434. The molecule has 1 heterocycles. The molecule has 1 unspecified atom stereocenters. The molecule has 1 aliphatic rings. The Bertz CT molecular complexity index is 97.1. The van der Waals surface area contributed by atoms with E-state index in [0.717, 1.165) is 13.1 Å². The lowest BCUT2D eigenvalue weighted by molar-refractivity contribution is 0.163. The molecule has 0 aromatic heterocycles. The van der Waals surface area contributed by atoms with Gasteiger partial charge in [0, 0.05) is 19.6 Å². The average molecular weight is 146 g/mol. The molecule has 0 spiro atoms. The molecule has 1 saturated heterocycles. The topological polar surface area (TPSA) is 6.48 Å². The summed E-state index contributed by atoms with van der Waals surface area (Å²) in [5.74, 6) is 0. The first kappa shape index (κ1) is 7.38. The van der Waals surface area contributed by atoms with Crippen LogP contribution in [0.3, 0.4) is 0 Å². The van der Waals surface area contributed by atoms with Crippen molar-refractivity contribution in [3.8, 4) is 0 Å². The quantitative estimate of drug-likeness (QED) is 0.485. The third kappa shape index (κ3) is 1.85. The zero-order valence-corrected chi connectivity index (χ0v) is 6.93. The van der Waals surface area contributed by atoms with Gasteiger partial charge in [0.25, 0.3) is 0 Å². The van der Waals surface area contributed by atoms with Gasteiger partial charge >= 0.3 is 0 Å². The monoisotopic (exact) mass is 146 g/mol. The highest BCUT2D eigenvalue weighted by molar-refractivity contribution is 7.80. The zero-order chi connectivity index (χ0) is 6.85. The van der Waals surface area contributed by atoms with E-state index in [0.29, 0.717) is 5.37 Å². The third-order valence-electron chi connectivity index (χ3n) is 1.82. The number of nitrogens with zero attached hydrogens (tertiary/aromatic N) is 2. The third-order valence-corrected chi connectivity index (χ3v) is 2.38. The van der Waals surface area contributed by atoms with Crippen molar-refractivity contribution in [2.24, 2.45) is 0 Å². The Kier molecular flexibility index (Phi) is 2.38. The fourth-order valence-electron chi connectivity index (χ4n) is 0.987. The van der Waals surface area contributed by atoms with E-state index in [1.807, 2.05) is 0 Å². The minimum Gasteiger partial charge on any atom is -0.303 e. The molecule has 9 heavy (non-hydrogen) atoms. The Balaban J connectivity index is 2.35. The summed E-state index contributed by atoms with van der Waals surface area (Å²) in [7, 11) is 4.25. The molecule has 0 amide bonds. The molecule has 0 bridgehead atoms. The maximum atomic E-state index is 4.40. The molecule has 3 heteroatoms. The summed E-state index contributed by atoms with van der Waals surface area (Å²) in [6.07, 6.45) is 0. The van der Waals surface area contributed by atoms with Crippen LogP contribution in [-0.4, -0.2) is 48.9 Å². The average Bonchev–Trinajstić information content (AvgIpc) is 1.80. The highest BCUT2D eigenvalue weighted by atomic mass is 32.1. The highest BCUT2D eigenvalue weighted by Gasteiger charge is 2.17. The van der Waals surface area contributed by atoms with E-state index in [9.17, 15) is 0 Å². The Labute approximate surface area is 62.2 Å². The Morgan fingerprint density at radius 3 is 2.44 bits per heavy atom. The number of piperazine rings is 1. The summed E-state index contributed by atoms with van der Waals surface area (Å²) in [4.78, 5) is 4.57. The summed E-state index contributed by atoms with van der Waals surface area (Å²) < 4.78 is 0. The lowest BCUT2D eigenvalue weighted by Crippen LogP contribution is -2.47. The van der Waals surface area contributed by atoms with Gasteiger partial charge in [0.15, 0.2) is 0 Å². The van der Waals surface area contributed by atoms with E-state index in [-0.39, 0.29) is 0 Å². The molecule has 1 rings (SSSR count). The van der Waals surface area contributed by atoms with Crippen molar-refractivity contribution in [2.75, 3.05) is 33.7 Å². The first-order chi connectivity index (χ1) is 4.20. The molecular formula is C6H14N2S. The summed E-state index contributed by atoms with van der Waals surface area (Å²) in [6, 6.07) is 0. The minimum atomic E-state index is 0.434. The van der Waals surface area contributed by atoms with Crippen LogP contribution in [0.1, 0.15) is 0 Å². The second-order valence-electron chi connectivity index (χ2n) is 2.72. The molecule has 1 fully saturated rings. The summed E-state index contributed by atoms with van der Waals surface area (Å²) in [5.41, 5.74) is 0. The number of likely N-dealkylation sites (N-methyl/N-ethyl adjacent to an activating group) is 2. The first-order valence-corrected chi connectivity index (χ1v) is 3.78. The molecule has 0 aromatic rings. The van der Waals surface area contributed by atoms with Crippen molar-refractivity contribution in [3.05, 3.63) is 0 Å². The van der Waals surface area contributed by atoms with Gasteiger partial charge in [0.2, 0.25) is 0 Å². The number of hydrogen-bond acceptors (Lipinski definition) is 3.